The normalized spacial score (nSPS) is 37.9. The minimum absolute atomic E-state index is 0.00604. The maximum Gasteiger partial charge on any atom is 0.308 e. The van der Waals surface area contributed by atoms with Gasteiger partial charge in [-0.15, -0.1) is 0 Å². The summed E-state index contributed by atoms with van der Waals surface area (Å²) in [5, 5.41) is 0. The molecule has 2 rings (SSSR count). The Morgan fingerprint density at radius 2 is 2.10 bits per heavy atom. The van der Waals surface area contributed by atoms with Crippen LogP contribution in [0.4, 0.5) is 0 Å². The largest absolute Gasteiger partial charge is 0.461 e. The van der Waals surface area contributed by atoms with Crippen molar-refractivity contribution in [2.45, 2.75) is 53.6 Å². The van der Waals surface area contributed by atoms with E-state index in [-0.39, 0.29) is 18.0 Å². The Hall–Kier alpha value is -1.05. The zero-order valence-electron chi connectivity index (χ0n) is 13.4. The highest BCUT2D eigenvalue weighted by Gasteiger charge is 2.39. The Kier molecular flexibility index (Phi) is 4.72. The van der Waals surface area contributed by atoms with Gasteiger partial charge < -0.3 is 4.74 Å². The Morgan fingerprint density at radius 1 is 1.40 bits per heavy atom. The third-order valence-electron chi connectivity index (χ3n) is 5.14. The lowest BCUT2D eigenvalue weighted by Gasteiger charge is -2.41. The van der Waals surface area contributed by atoms with Crippen molar-refractivity contribution in [1.82, 2.24) is 0 Å². The molecule has 2 aliphatic carbocycles. The fourth-order valence-corrected chi connectivity index (χ4v) is 3.36. The van der Waals surface area contributed by atoms with Gasteiger partial charge in [-0.25, -0.2) is 0 Å². The van der Waals surface area contributed by atoms with Gasteiger partial charge in [-0.2, -0.15) is 0 Å². The summed E-state index contributed by atoms with van der Waals surface area (Å²) in [6.45, 7) is 10.7. The van der Waals surface area contributed by atoms with Crippen LogP contribution in [0.5, 0.6) is 0 Å². The highest BCUT2D eigenvalue weighted by Crippen LogP contribution is 2.42. The number of hydrogen-bond acceptors (Lipinski definition) is 2. The van der Waals surface area contributed by atoms with Gasteiger partial charge in [0.1, 0.15) is 6.10 Å². The van der Waals surface area contributed by atoms with Crippen LogP contribution in [0, 0.1) is 29.6 Å². The van der Waals surface area contributed by atoms with Crippen LogP contribution < -0.4 is 0 Å². The lowest BCUT2D eigenvalue weighted by Crippen LogP contribution is -2.40. The molecule has 2 heteroatoms. The molecule has 112 valence electrons. The standard InChI is InChI=1S/C18H28O2/c1-6-12(3)18(19)20-16-10-11(2)9-15-8-7-13(4)14(5)17(15)16/h7-9,11-14,16-17H,6,10H2,1-5H3/t11-,12+,13-,14+,16?,17?/m1/s1. The average Bonchev–Trinajstić information content (AvgIpc) is 2.41. The van der Waals surface area contributed by atoms with Gasteiger partial charge >= 0.3 is 5.97 Å². The predicted molar refractivity (Wildman–Crippen MR) is 82.2 cm³/mol. The average molecular weight is 276 g/mol. The fourth-order valence-electron chi connectivity index (χ4n) is 3.36. The smallest absolute Gasteiger partial charge is 0.308 e. The van der Waals surface area contributed by atoms with Gasteiger partial charge in [0.15, 0.2) is 0 Å². The minimum Gasteiger partial charge on any atom is -0.461 e. The van der Waals surface area contributed by atoms with E-state index < -0.39 is 0 Å². The number of hydrogen-bond donors (Lipinski definition) is 0. The Morgan fingerprint density at radius 3 is 2.75 bits per heavy atom. The molecule has 0 aromatic rings. The van der Waals surface area contributed by atoms with Crippen molar-refractivity contribution in [2.24, 2.45) is 29.6 Å². The summed E-state index contributed by atoms with van der Waals surface area (Å²) in [4.78, 5) is 12.2. The van der Waals surface area contributed by atoms with E-state index in [0.29, 0.717) is 23.7 Å². The topological polar surface area (TPSA) is 26.3 Å². The molecule has 0 aromatic heterocycles. The summed E-state index contributed by atoms with van der Waals surface area (Å²) in [7, 11) is 0. The molecule has 0 amide bonds. The van der Waals surface area contributed by atoms with Crippen LogP contribution in [-0.2, 0) is 9.53 Å². The van der Waals surface area contributed by atoms with E-state index in [9.17, 15) is 4.79 Å². The third kappa shape index (κ3) is 2.99. The SMILES string of the molecule is CC[C@H](C)C(=O)OC1C[C@H](C)C=C2C=C[C@@H](C)[C@H](C)C21. The van der Waals surface area contributed by atoms with Crippen molar-refractivity contribution in [2.75, 3.05) is 0 Å². The monoisotopic (exact) mass is 276 g/mol. The van der Waals surface area contributed by atoms with Crippen LogP contribution in [0.2, 0.25) is 0 Å². The van der Waals surface area contributed by atoms with Gasteiger partial charge in [0, 0.05) is 5.92 Å². The van der Waals surface area contributed by atoms with E-state index in [2.05, 4.69) is 39.0 Å². The van der Waals surface area contributed by atoms with Crippen LogP contribution in [0.15, 0.2) is 23.8 Å². The molecule has 0 N–H and O–H groups in total. The summed E-state index contributed by atoms with van der Waals surface area (Å²) in [5.41, 5.74) is 1.37. The number of carbonyl (C=O) groups excluding carboxylic acids is 1. The molecule has 0 saturated heterocycles. The molecular weight excluding hydrogens is 248 g/mol. The second kappa shape index (κ2) is 6.15. The highest BCUT2D eigenvalue weighted by molar-refractivity contribution is 5.72. The molecule has 2 nitrogen and oxygen atoms in total. The second-order valence-electron chi connectivity index (χ2n) is 6.77. The lowest BCUT2D eigenvalue weighted by atomic mass is 9.67. The molecule has 0 aromatic carbocycles. The second-order valence-corrected chi connectivity index (χ2v) is 6.77. The van der Waals surface area contributed by atoms with Crippen molar-refractivity contribution < 1.29 is 9.53 Å². The molecule has 0 bridgehead atoms. The van der Waals surface area contributed by atoms with Crippen molar-refractivity contribution >= 4 is 5.97 Å². The predicted octanol–water partition coefficient (Wildman–Crippen LogP) is 4.37. The maximum atomic E-state index is 12.2. The zero-order valence-corrected chi connectivity index (χ0v) is 13.4. The lowest BCUT2D eigenvalue weighted by molar-refractivity contribution is -0.158. The van der Waals surface area contributed by atoms with E-state index >= 15 is 0 Å². The molecule has 0 radical (unpaired) electrons. The van der Waals surface area contributed by atoms with Crippen LogP contribution in [0.3, 0.4) is 0 Å². The Labute approximate surface area is 123 Å². The van der Waals surface area contributed by atoms with Gasteiger partial charge in [0.2, 0.25) is 0 Å². The summed E-state index contributed by atoms with van der Waals surface area (Å²) >= 11 is 0. The van der Waals surface area contributed by atoms with Crippen LogP contribution in [-0.4, -0.2) is 12.1 Å². The Bertz CT molecular complexity index is 421. The first-order chi connectivity index (χ1) is 9.43. The number of esters is 1. The van der Waals surface area contributed by atoms with Crippen molar-refractivity contribution in [3.8, 4) is 0 Å². The molecular formula is C18H28O2. The van der Waals surface area contributed by atoms with E-state index in [1.165, 1.54) is 5.57 Å². The molecule has 2 unspecified atom stereocenters. The van der Waals surface area contributed by atoms with E-state index in [1.807, 2.05) is 13.8 Å². The van der Waals surface area contributed by atoms with Crippen molar-refractivity contribution in [3.63, 3.8) is 0 Å². The van der Waals surface area contributed by atoms with Gasteiger partial charge in [-0.05, 0) is 36.2 Å². The molecule has 6 atom stereocenters. The maximum absolute atomic E-state index is 12.2. The summed E-state index contributed by atoms with van der Waals surface area (Å²) < 4.78 is 5.89. The molecule has 2 aliphatic rings. The fraction of sp³-hybridized carbons (Fsp3) is 0.722. The summed E-state index contributed by atoms with van der Waals surface area (Å²) in [5.74, 6) is 1.93. The van der Waals surface area contributed by atoms with Crippen LogP contribution in [0.1, 0.15) is 47.5 Å². The molecule has 0 aliphatic heterocycles. The van der Waals surface area contributed by atoms with Crippen molar-refractivity contribution in [1.29, 1.82) is 0 Å². The van der Waals surface area contributed by atoms with Crippen molar-refractivity contribution in [3.05, 3.63) is 23.8 Å². The van der Waals surface area contributed by atoms with E-state index in [0.717, 1.165) is 12.8 Å². The Balaban J connectivity index is 2.19. The zero-order chi connectivity index (χ0) is 14.9. The van der Waals surface area contributed by atoms with E-state index in [1.54, 1.807) is 0 Å². The number of ether oxygens (including phenoxy) is 1. The van der Waals surface area contributed by atoms with Gasteiger partial charge in [-0.3, -0.25) is 4.79 Å². The highest BCUT2D eigenvalue weighted by atomic mass is 16.5. The first kappa shape index (κ1) is 15.3. The molecule has 20 heavy (non-hydrogen) atoms. The molecule has 0 spiro atoms. The number of fused-ring (bicyclic) bond motifs is 1. The minimum atomic E-state index is -0.0274. The number of carbonyl (C=O) groups is 1. The summed E-state index contributed by atoms with van der Waals surface area (Å²) in [6.07, 6.45) is 8.75. The van der Waals surface area contributed by atoms with Gasteiger partial charge in [0.05, 0.1) is 5.92 Å². The molecule has 0 fully saturated rings. The van der Waals surface area contributed by atoms with Gasteiger partial charge in [-0.1, -0.05) is 52.8 Å². The van der Waals surface area contributed by atoms with Crippen LogP contribution in [0.25, 0.3) is 0 Å². The number of allylic oxidation sites excluding steroid dienone is 3. The first-order valence-electron chi connectivity index (χ1n) is 8.04. The van der Waals surface area contributed by atoms with E-state index in [4.69, 9.17) is 4.74 Å². The first-order valence-corrected chi connectivity index (χ1v) is 8.04. The molecule has 0 heterocycles. The quantitative estimate of drug-likeness (QED) is 0.716. The number of rotatable bonds is 3. The van der Waals surface area contributed by atoms with Gasteiger partial charge in [0.25, 0.3) is 0 Å². The third-order valence-corrected chi connectivity index (χ3v) is 5.14. The van der Waals surface area contributed by atoms with Crippen LogP contribution >= 0.6 is 0 Å². The molecule has 0 saturated carbocycles. The summed E-state index contributed by atoms with van der Waals surface area (Å²) in [6, 6.07) is 0.